The minimum absolute atomic E-state index is 0.0243. The van der Waals surface area contributed by atoms with Crippen molar-refractivity contribution in [2.24, 2.45) is 59.2 Å². The molecule has 0 heterocycles. The molecule has 0 aromatic carbocycles. The summed E-state index contributed by atoms with van der Waals surface area (Å²) in [5.41, 5.74) is 0. The Balaban J connectivity index is 1.04. The maximum Gasteiger partial charge on any atom is 0.311 e. The molecule has 3 heteroatoms. The van der Waals surface area contributed by atoms with Gasteiger partial charge in [0, 0.05) is 0 Å². The fourth-order valence-electron chi connectivity index (χ4n) is 7.73. The summed E-state index contributed by atoms with van der Waals surface area (Å²) < 4.78 is 11.3. The smallest absolute Gasteiger partial charge is 0.311 e. The molecule has 0 aromatic heterocycles. The maximum absolute atomic E-state index is 12.7. The van der Waals surface area contributed by atoms with Crippen molar-refractivity contribution in [2.75, 3.05) is 13.4 Å². The van der Waals surface area contributed by atoms with Gasteiger partial charge in [-0.2, -0.15) is 0 Å². The molecule has 5 aliphatic rings. The molecule has 27 heavy (non-hydrogen) atoms. The summed E-state index contributed by atoms with van der Waals surface area (Å²) in [6.07, 6.45) is 13.8. The third-order valence-corrected chi connectivity index (χ3v) is 9.05. The van der Waals surface area contributed by atoms with Crippen molar-refractivity contribution in [3.8, 4) is 0 Å². The van der Waals surface area contributed by atoms with Crippen LogP contribution in [-0.2, 0) is 14.3 Å². The van der Waals surface area contributed by atoms with Gasteiger partial charge in [0.05, 0.1) is 12.5 Å². The van der Waals surface area contributed by atoms with Gasteiger partial charge >= 0.3 is 5.97 Å². The van der Waals surface area contributed by atoms with Crippen LogP contribution >= 0.6 is 0 Å². The van der Waals surface area contributed by atoms with Gasteiger partial charge in [-0.1, -0.05) is 26.0 Å². The van der Waals surface area contributed by atoms with E-state index in [1.165, 1.54) is 38.5 Å². The lowest BCUT2D eigenvalue weighted by molar-refractivity contribution is -0.165. The molecule has 0 N–H and O–H groups in total. The van der Waals surface area contributed by atoms with Crippen molar-refractivity contribution in [1.29, 1.82) is 0 Å². The van der Waals surface area contributed by atoms with Crippen molar-refractivity contribution in [1.82, 2.24) is 0 Å². The number of fused-ring (bicyclic) bond motifs is 9. The zero-order valence-corrected chi connectivity index (χ0v) is 17.0. The van der Waals surface area contributed by atoms with E-state index in [9.17, 15) is 4.79 Å². The van der Waals surface area contributed by atoms with Crippen LogP contribution in [0.25, 0.3) is 0 Å². The van der Waals surface area contributed by atoms with E-state index in [0.29, 0.717) is 11.8 Å². The monoisotopic (exact) mass is 372 g/mol. The summed E-state index contributed by atoms with van der Waals surface area (Å²) in [6, 6.07) is 0. The van der Waals surface area contributed by atoms with Crippen molar-refractivity contribution in [3.63, 3.8) is 0 Å². The van der Waals surface area contributed by atoms with Gasteiger partial charge < -0.3 is 9.47 Å². The largest absolute Gasteiger partial charge is 0.438 e. The molecule has 7 atom stereocenters. The fourth-order valence-corrected chi connectivity index (χ4v) is 7.73. The number of esters is 1. The summed E-state index contributed by atoms with van der Waals surface area (Å²) in [5, 5.41) is 0. The fraction of sp³-hybridized carbons (Fsp3) is 0.875. The molecule has 4 saturated carbocycles. The van der Waals surface area contributed by atoms with Crippen LogP contribution in [0.2, 0.25) is 0 Å². The quantitative estimate of drug-likeness (QED) is 0.215. The Morgan fingerprint density at radius 3 is 2.48 bits per heavy atom. The SMILES string of the molecule is CC(C)C1CCC(COCOC(=O)C2CC3CC2C2C4C=CC(C4)C32)CC1. The highest BCUT2D eigenvalue weighted by Crippen LogP contribution is 2.67. The first-order chi connectivity index (χ1) is 13.1. The minimum Gasteiger partial charge on any atom is -0.438 e. The van der Waals surface area contributed by atoms with Crippen LogP contribution in [0, 0.1) is 59.2 Å². The molecule has 7 unspecified atom stereocenters. The van der Waals surface area contributed by atoms with Crippen LogP contribution in [0.15, 0.2) is 12.2 Å². The average molecular weight is 373 g/mol. The standard InChI is InChI=1S/C24H36O3/c1-14(2)16-5-3-15(4-6-16)12-26-13-27-24(25)21-11-19-10-20(21)23-18-8-7-17(9-18)22(19)23/h7-8,14-23H,3-6,9-13H2,1-2H3. The summed E-state index contributed by atoms with van der Waals surface area (Å²) in [7, 11) is 0. The van der Waals surface area contributed by atoms with Gasteiger partial charge in [-0.25, -0.2) is 0 Å². The van der Waals surface area contributed by atoms with E-state index in [4.69, 9.17) is 9.47 Å². The Morgan fingerprint density at radius 2 is 1.74 bits per heavy atom. The lowest BCUT2D eigenvalue weighted by atomic mass is 9.69. The van der Waals surface area contributed by atoms with Gasteiger partial charge in [-0.15, -0.1) is 0 Å². The maximum atomic E-state index is 12.7. The number of ether oxygens (including phenoxy) is 2. The first-order valence-electron chi connectivity index (χ1n) is 11.5. The molecule has 0 aromatic rings. The number of hydrogen-bond acceptors (Lipinski definition) is 3. The summed E-state index contributed by atoms with van der Waals surface area (Å²) in [6.45, 7) is 5.60. The molecule has 0 saturated heterocycles. The van der Waals surface area contributed by atoms with Gasteiger partial charge in [0.2, 0.25) is 0 Å². The van der Waals surface area contributed by atoms with Crippen LogP contribution in [0.5, 0.6) is 0 Å². The number of carbonyl (C=O) groups is 1. The van der Waals surface area contributed by atoms with Gasteiger partial charge in [0.15, 0.2) is 6.79 Å². The predicted molar refractivity (Wildman–Crippen MR) is 105 cm³/mol. The Hall–Kier alpha value is -0.830. The van der Waals surface area contributed by atoms with Gasteiger partial charge in [-0.3, -0.25) is 4.79 Å². The second-order valence-electron chi connectivity index (χ2n) is 10.6. The highest BCUT2D eigenvalue weighted by atomic mass is 16.7. The topological polar surface area (TPSA) is 35.5 Å². The Labute approximate surface area is 164 Å². The molecule has 5 rings (SSSR count). The number of rotatable bonds is 6. The van der Waals surface area contributed by atoms with E-state index in [-0.39, 0.29) is 18.7 Å². The van der Waals surface area contributed by atoms with E-state index in [1.54, 1.807) is 0 Å². The second-order valence-corrected chi connectivity index (χ2v) is 10.6. The molecule has 0 spiro atoms. The van der Waals surface area contributed by atoms with E-state index in [2.05, 4.69) is 26.0 Å². The average Bonchev–Trinajstić information content (AvgIpc) is 3.44. The molecule has 0 radical (unpaired) electrons. The first kappa shape index (κ1) is 18.2. The molecular formula is C24H36O3. The number of allylic oxidation sites excluding steroid dienone is 2. The third-order valence-electron chi connectivity index (χ3n) is 9.05. The highest BCUT2D eigenvalue weighted by Gasteiger charge is 2.62. The Kier molecular flexibility index (Phi) is 4.86. The van der Waals surface area contributed by atoms with Crippen molar-refractivity contribution in [2.45, 2.75) is 58.8 Å². The van der Waals surface area contributed by atoms with E-state index in [0.717, 1.165) is 54.5 Å². The lowest BCUT2D eigenvalue weighted by Gasteiger charge is -2.35. The molecule has 4 fully saturated rings. The van der Waals surface area contributed by atoms with Crippen LogP contribution in [0.3, 0.4) is 0 Å². The number of carbonyl (C=O) groups excluding carboxylic acids is 1. The Bertz CT molecular complexity index is 588. The molecule has 150 valence electrons. The number of hydrogen-bond donors (Lipinski definition) is 0. The summed E-state index contributed by atoms with van der Waals surface area (Å²) >= 11 is 0. The van der Waals surface area contributed by atoms with Crippen molar-refractivity contribution < 1.29 is 14.3 Å². The van der Waals surface area contributed by atoms with E-state index in [1.807, 2.05) is 0 Å². The molecule has 4 bridgehead atoms. The molecule has 0 aliphatic heterocycles. The normalized spacial score (nSPS) is 47.0. The predicted octanol–water partition coefficient (Wildman–Crippen LogP) is 5.06. The summed E-state index contributed by atoms with van der Waals surface area (Å²) in [5.74, 6) is 7.10. The van der Waals surface area contributed by atoms with Crippen LogP contribution in [0.4, 0.5) is 0 Å². The molecular weight excluding hydrogens is 336 g/mol. The van der Waals surface area contributed by atoms with Crippen LogP contribution in [0.1, 0.15) is 58.8 Å². The molecule has 0 amide bonds. The second kappa shape index (κ2) is 7.21. The third kappa shape index (κ3) is 3.18. The first-order valence-corrected chi connectivity index (χ1v) is 11.5. The van der Waals surface area contributed by atoms with Crippen molar-refractivity contribution in [3.05, 3.63) is 12.2 Å². The van der Waals surface area contributed by atoms with E-state index < -0.39 is 0 Å². The van der Waals surface area contributed by atoms with Gasteiger partial charge in [0.1, 0.15) is 0 Å². The Morgan fingerprint density at radius 1 is 1.00 bits per heavy atom. The van der Waals surface area contributed by atoms with Crippen LogP contribution in [-0.4, -0.2) is 19.4 Å². The zero-order valence-electron chi connectivity index (χ0n) is 17.0. The highest BCUT2D eigenvalue weighted by molar-refractivity contribution is 5.73. The zero-order chi connectivity index (χ0) is 18.5. The lowest BCUT2D eigenvalue weighted by Crippen LogP contribution is -2.35. The van der Waals surface area contributed by atoms with Crippen molar-refractivity contribution >= 4 is 5.97 Å². The summed E-state index contributed by atoms with van der Waals surface area (Å²) in [4.78, 5) is 12.7. The molecule has 3 nitrogen and oxygen atoms in total. The van der Waals surface area contributed by atoms with Gasteiger partial charge in [-0.05, 0) is 98.2 Å². The van der Waals surface area contributed by atoms with E-state index >= 15 is 0 Å². The van der Waals surface area contributed by atoms with Gasteiger partial charge in [0.25, 0.3) is 0 Å². The molecule has 5 aliphatic carbocycles. The minimum atomic E-state index is 0.0243. The van der Waals surface area contributed by atoms with Crippen LogP contribution < -0.4 is 0 Å².